The van der Waals surface area contributed by atoms with Gasteiger partial charge in [-0.05, 0) is 37.8 Å². The van der Waals surface area contributed by atoms with Crippen molar-refractivity contribution in [3.8, 4) is 0 Å². The number of nitrogens with one attached hydrogen (secondary N) is 1. The molecule has 27 heavy (non-hydrogen) atoms. The van der Waals surface area contributed by atoms with Gasteiger partial charge in [-0.1, -0.05) is 49.6 Å². The van der Waals surface area contributed by atoms with Crippen LogP contribution in [0.5, 0.6) is 0 Å². The van der Waals surface area contributed by atoms with Crippen molar-refractivity contribution in [1.82, 2.24) is 10.2 Å². The minimum Gasteiger partial charge on any atom is -0.355 e. The van der Waals surface area contributed by atoms with E-state index in [-0.39, 0.29) is 23.3 Å². The average Bonchev–Trinajstić information content (AvgIpc) is 3.22. The maximum atomic E-state index is 12.3. The Kier molecular flexibility index (Phi) is 7.30. The van der Waals surface area contributed by atoms with Crippen LogP contribution < -0.4 is 5.32 Å². The molecule has 1 saturated heterocycles. The molecule has 0 aromatic heterocycles. The number of likely N-dealkylation sites (tertiary alicyclic amines) is 1. The maximum Gasteiger partial charge on any atom is 0.221 e. The van der Waals surface area contributed by atoms with Crippen molar-refractivity contribution in [3.05, 3.63) is 35.9 Å². The third-order valence-electron chi connectivity index (χ3n) is 5.94. The van der Waals surface area contributed by atoms with Gasteiger partial charge in [-0.3, -0.25) is 9.69 Å². The van der Waals surface area contributed by atoms with E-state index < -0.39 is 9.84 Å². The molecular weight excluding hydrogens is 360 g/mol. The molecular formula is C21H32N2O3S. The van der Waals surface area contributed by atoms with Crippen molar-refractivity contribution >= 4 is 15.7 Å². The van der Waals surface area contributed by atoms with Crippen molar-refractivity contribution in [2.45, 2.75) is 69.2 Å². The van der Waals surface area contributed by atoms with Crippen LogP contribution in [0.3, 0.4) is 0 Å². The molecule has 0 spiro atoms. The number of hydrogen-bond donors (Lipinski definition) is 1. The van der Waals surface area contributed by atoms with Gasteiger partial charge in [-0.25, -0.2) is 8.42 Å². The van der Waals surface area contributed by atoms with Gasteiger partial charge in [0.15, 0.2) is 9.84 Å². The van der Waals surface area contributed by atoms with E-state index in [4.69, 9.17) is 0 Å². The second-order valence-corrected chi connectivity index (χ2v) is 10.3. The van der Waals surface area contributed by atoms with E-state index in [1.807, 2.05) is 6.07 Å². The molecule has 0 bridgehead atoms. The van der Waals surface area contributed by atoms with E-state index in [1.54, 1.807) is 0 Å². The summed E-state index contributed by atoms with van der Waals surface area (Å²) < 4.78 is 24.6. The van der Waals surface area contributed by atoms with E-state index in [2.05, 4.69) is 34.5 Å². The van der Waals surface area contributed by atoms with Crippen molar-refractivity contribution < 1.29 is 13.2 Å². The molecule has 1 N–H and O–H groups in total. The highest BCUT2D eigenvalue weighted by Crippen LogP contribution is 2.25. The second kappa shape index (κ2) is 9.69. The van der Waals surface area contributed by atoms with E-state index in [1.165, 1.54) is 18.4 Å². The minimum absolute atomic E-state index is 0.0120. The summed E-state index contributed by atoms with van der Waals surface area (Å²) >= 11 is 0. The Hall–Kier alpha value is -1.40. The van der Waals surface area contributed by atoms with Gasteiger partial charge in [0.2, 0.25) is 5.91 Å². The quantitative estimate of drug-likeness (QED) is 0.739. The van der Waals surface area contributed by atoms with Crippen molar-refractivity contribution in [2.75, 3.05) is 18.8 Å². The summed E-state index contributed by atoms with van der Waals surface area (Å²) in [7, 11) is -3.12. The maximum absolute atomic E-state index is 12.3. The predicted molar refractivity (Wildman–Crippen MR) is 108 cm³/mol. The molecule has 1 heterocycles. The number of carbonyl (C=O) groups excluding carboxylic acids is 1. The lowest BCUT2D eigenvalue weighted by molar-refractivity contribution is -0.121. The normalized spacial score (nSPS) is 22.0. The summed E-state index contributed by atoms with van der Waals surface area (Å²) in [5.74, 6) is -0.149. The summed E-state index contributed by atoms with van der Waals surface area (Å²) in [5.41, 5.74) is 1.29. The average molecular weight is 393 g/mol. The Balaban J connectivity index is 1.45. The molecule has 2 fully saturated rings. The number of piperidine rings is 1. The standard InChI is InChI=1S/C21H32N2O3S/c24-21(13-15-27(25,26)20-11-4-5-12-20)22-16-19-10-6-7-14-23(19)17-18-8-2-1-3-9-18/h1-3,8-9,19-20H,4-7,10-17H2,(H,22,24). The Morgan fingerprint density at radius 1 is 1.04 bits per heavy atom. The van der Waals surface area contributed by atoms with Crippen molar-refractivity contribution in [3.63, 3.8) is 0 Å². The first-order chi connectivity index (χ1) is 13.0. The molecule has 1 aliphatic heterocycles. The number of benzene rings is 1. The van der Waals surface area contributed by atoms with Crippen LogP contribution in [0, 0.1) is 0 Å². The van der Waals surface area contributed by atoms with Crippen molar-refractivity contribution in [2.24, 2.45) is 0 Å². The number of amides is 1. The van der Waals surface area contributed by atoms with Crippen LogP contribution in [-0.4, -0.2) is 49.4 Å². The molecule has 1 unspecified atom stereocenters. The number of carbonyl (C=O) groups is 1. The zero-order chi connectivity index (χ0) is 19.1. The van der Waals surface area contributed by atoms with E-state index in [0.29, 0.717) is 12.6 Å². The monoisotopic (exact) mass is 392 g/mol. The Morgan fingerprint density at radius 2 is 1.74 bits per heavy atom. The zero-order valence-electron chi connectivity index (χ0n) is 16.1. The smallest absolute Gasteiger partial charge is 0.221 e. The van der Waals surface area contributed by atoms with Gasteiger partial charge in [-0.2, -0.15) is 0 Å². The lowest BCUT2D eigenvalue weighted by Crippen LogP contribution is -2.46. The number of hydrogen-bond acceptors (Lipinski definition) is 4. The largest absolute Gasteiger partial charge is 0.355 e. The fourth-order valence-corrected chi connectivity index (χ4v) is 6.14. The molecule has 1 atom stereocenters. The van der Waals surface area contributed by atoms with E-state index in [9.17, 15) is 13.2 Å². The van der Waals surface area contributed by atoms with Gasteiger partial charge in [-0.15, -0.1) is 0 Å². The molecule has 1 aromatic rings. The van der Waals surface area contributed by atoms with E-state index >= 15 is 0 Å². The lowest BCUT2D eigenvalue weighted by atomic mass is 10.0. The van der Waals surface area contributed by atoms with Gasteiger partial charge < -0.3 is 5.32 Å². The molecule has 1 saturated carbocycles. The first-order valence-corrected chi connectivity index (χ1v) is 12.0. The van der Waals surface area contributed by atoms with Crippen LogP contribution in [0.1, 0.15) is 56.9 Å². The highest BCUT2D eigenvalue weighted by Gasteiger charge is 2.29. The van der Waals surface area contributed by atoms with Crippen molar-refractivity contribution in [1.29, 1.82) is 0 Å². The van der Waals surface area contributed by atoms with E-state index in [0.717, 1.165) is 45.2 Å². The lowest BCUT2D eigenvalue weighted by Gasteiger charge is -2.36. The molecule has 3 rings (SSSR count). The summed E-state index contributed by atoms with van der Waals surface area (Å²) in [5, 5.41) is 2.77. The number of rotatable bonds is 8. The highest BCUT2D eigenvalue weighted by molar-refractivity contribution is 7.92. The third kappa shape index (κ3) is 6.04. The van der Waals surface area contributed by atoms with Gasteiger partial charge in [0.05, 0.1) is 11.0 Å². The predicted octanol–water partition coefficient (Wildman–Crippen LogP) is 2.90. The van der Waals surface area contributed by atoms with Gasteiger partial charge in [0, 0.05) is 25.6 Å². The number of sulfone groups is 1. The van der Waals surface area contributed by atoms with Crippen LogP contribution in [0.2, 0.25) is 0 Å². The first kappa shape index (κ1) is 20.3. The third-order valence-corrected chi connectivity index (χ3v) is 8.20. The minimum atomic E-state index is -3.12. The van der Waals surface area contributed by atoms with Gasteiger partial charge in [0.25, 0.3) is 0 Å². The Morgan fingerprint density at radius 3 is 2.48 bits per heavy atom. The highest BCUT2D eigenvalue weighted by atomic mass is 32.2. The molecule has 6 heteroatoms. The first-order valence-electron chi connectivity index (χ1n) is 10.3. The molecule has 2 aliphatic rings. The summed E-state index contributed by atoms with van der Waals surface area (Å²) in [6.45, 7) is 2.55. The van der Waals surface area contributed by atoms with Crippen LogP contribution in [0.4, 0.5) is 0 Å². The molecule has 150 valence electrons. The van der Waals surface area contributed by atoms with Gasteiger partial charge in [0.1, 0.15) is 0 Å². The Labute approximate surface area is 163 Å². The van der Waals surface area contributed by atoms with Crippen LogP contribution >= 0.6 is 0 Å². The fraction of sp³-hybridized carbons (Fsp3) is 0.667. The molecule has 1 aliphatic carbocycles. The fourth-order valence-electron chi connectivity index (χ4n) is 4.29. The molecule has 1 aromatic carbocycles. The Bertz CT molecular complexity index is 699. The van der Waals surface area contributed by atoms with Crippen LogP contribution in [-0.2, 0) is 21.2 Å². The summed E-state index contributed by atoms with van der Waals surface area (Å²) in [4.78, 5) is 14.7. The molecule has 0 radical (unpaired) electrons. The molecule has 1 amide bonds. The van der Waals surface area contributed by atoms with Gasteiger partial charge >= 0.3 is 0 Å². The van der Waals surface area contributed by atoms with Crippen LogP contribution in [0.15, 0.2) is 30.3 Å². The second-order valence-electron chi connectivity index (χ2n) is 7.93. The topological polar surface area (TPSA) is 66.5 Å². The molecule has 5 nitrogen and oxygen atoms in total. The number of nitrogens with zero attached hydrogens (tertiary/aromatic N) is 1. The SMILES string of the molecule is O=C(CCS(=O)(=O)C1CCCC1)NCC1CCCCN1Cc1ccccc1. The zero-order valence-corrected chi connectivity index (χ0v) is 16.9. The summed E-state index contributed by atoms with van der Waals surface area (Å²) in [6.07, 6.45) is 7.06. The summed E-state index contributed by atoms with van der Waals surface area (Å²) in [6, 6.07) is 10.7. The van der Waals surface area contributed by atoms with Crippen LogP contribution in [0.25, 0.3) is 0 Å².